The third kappa shape index (κ3) is 4.46. The van der Waals surface area contributed by atoms with Crippen molar-refractivity contribution >= 4 is 9.84 Å². The van der Waals surface area contributed by atoms with Crippen LogP contribution in [0.1, 0.15) is 12.8 Å². The maximum absolute atomic E-state index is 13.0. The lowest BCUT2D eigenvalue weighted by Crippen LogP contribution is -2.42. The molecule has 2 fully saturated rings. The van der Waals surface area contributed by atoms with E-state index in [9.17, 15) is 17.9 Å². The summed E-state index contributed by atoms with van der Waals surface area (Å²) in [5.41, 5.74) is 0. The van der Waals surface area contributed by atoms with Crippen LogP contribution in [0.4, 0.5) is 4.39 Å². The molecule has 0 bridgehead atoms. The molecule has 0 unspecified atom stereocenters. The molecule has 5 nitrogen and oxygen atoms in total. The molecule has 4 atom stereocenters. The molecular weight excluding hydrogens is 333 g/mol. The lowest BCUT2D eigenvalue weighted by molar-refractivity contribution is -0.0231. The Bertz CT molecular complexity index is 664. The molecule has 134 valence electrons. The zero-order chi connectivity index (χ0) is 17.3. The van der Waals surface area contributed by atoms with Gasteiger partial charge in [-0.05, 0) is 48.9 Å². The number of aliphatic hydroxyl groups is 1. The standard InChI is InChI=1S/C17H24FNO4S/c1-24(21,22)7-6-19-10-12-8-16(20)17(9-13(12)11-19)23-15-4-2-14(18)3-5-15/h2-5,12-13,16-17,20H,6-11H2,1H3/t12-,13+,16+,17+/m0/s1. The fourth-order valence-corrected chi connectivity index (χ4v) is 4.37. The van der Waals surface area contributed by atoms with Crippen molar-refractivity contribution in [1.82, 2.24) is 4.90 Å². The molecule has 0 amide bonds. The molecule has 0 aromatic heterocycles. The number of ether oxygens (including phenoxy) is 1. The van der Waals surface area contributed by atoms with Gasteiger partial charge in [0.15, 0.2) is 0 Å². The first kappa shape index (κ1) is 17.6. The molecule has 2 aliphatic rings. The van der Waals surface area contributed by atoms with Gasteiger partial charge in [0.1, 0.15) is 27.5 Å². The van der Waals surface area contributed by atoms with Gasteiger partial charge in [0, 0.05) is 25.9 Å². The van der Waals surface area contributed by atoms with Crippen molar-refractivity contribution in [2.45, 2.75) is 25.0 Å². The van der Waals surface area contributed by atoms with Gasteiger partial charge < -0.3 is 14.7 Å². The molecule has 1 aromatic carbocycles. The van der Waals surface area contributed by atoms with Crippen LogP contribution in [0.25, 0.3) is 0 Å². The molecule has 0 radical (unpaired) electrons. The number of halogens is 1. The first-order valence-corrected chi connectivity index (χ1v) is 10.4. The average Bonchev–Trinajstić information content (AvgIpc) is 2.89. The predicted molar refractivity (Wildman–Crippen MR) is 89.2 cm³/mol. The van der Waals surface area contributed by atoms with E-state index in [0.29, 0.717) is 30.6 Å². The smallest absolute Gasteiger partial charge is 0.148 e. The highest BCUT2D eigenvalue weighted by molar-refractivity contribution is 7.90. The summed E-state index contributed by atoms with van der Waals surface area (Å²) in [7, 11) is -2.96. The SMILES string of the molecule is CS(=O)(=O)CCN1C[C@H]2C[C@@H](Oc3ccc(F)cc3)[C@H](O)C[C@H]2C1. The fraction of sp³-hybridized carbons (Fsp3) is 0.647. The largest absolute Gasteiger partial charge is 0.488 e. The number of nitrogens with zero attached hydrogens (tertiary/aromatic N) is 1. The van der Waals surface area contributed by atoms with E-state index in [0.717, 1.165) is 19.5 Å². The Hall–Kier alpha value is -1.18. The highest BCUT2D eigenvalue weighted by atomic mass is 32.2. The summed E-state index contributed by atoms with van der Waals surface area (Å²) in [6.45, 7) is 2.22. The van der Waals surface area contributed by atoms with Crippen LogP contribution in [-0.4, -0.2) is 62.3 Å². The minimum absolute atomic E-state index is 0.171. The summed E-state index contributed by atoms with van der Waals surface area (Å²) < 4.78 is 41.5. The molecule has 24 heavy (non-hydrogen) atoms. The van der Waals surface area contributed by atoms with Gasteiger partial charge in [0.25, 0.3) is 0 Å². The van der Waals surface area contributed by atoms with Crippen molar-refractivity contribution < 1.29 is 22.7 Å². The zero-order valence-corrected chi connectivity index (χ0v) is 14.6. The highest BCUT2D eigenvalue weighted by Gasteiger charge is 2.42. The number of rotatable bonds is 5. The van der Waals surface area contributed by atoms with E-state index >= 15 is 0 Å². The highest BCUT2D eigenvalue weighted by Crippen LogP contribution is 2.37. The number of fused-ring (bicyclic) bond motifs is 1. The van der Waals surface area contributed by atoms with Gasteiger partial charge >= 0.3 is 0 Å². The van der Waals surface area contributed by atoms with Gasteiger partial charge in [0.05, 0.1) is 11.9 Å². The van der Waals surface area contributed by atoms with Crippen molar-refractivity contribution in [3.05, 3.63) is 30.1 Å². The van der Waals surface area contributed by atoms with E-state index in [2.05, 4.69) is 4.90 Å². The third-order valence-electron chi connectivity index (χ3n) is 5.04. The summed E-state index contributed by atoms with van der Waals surface area (Å²) in [6.07, 6.45) is 1.80. The Morgan fingerprint density at radius 1 is 1.21 bits per heavy atom. The molecule has 3 rings (SSSR count). The van der Waals surface area contributed by atoms with Gasteiger partial charge in [0.2, 0.25) is 0 Å². The van der Waals surface area contributed by atoms with Crippen molar-refractivity contribution in [1.29, 1.82) is 0 Å². The number of aliphatic hydroxyl groups excluding tert-OH is 1. The normalized spacial score (nSPS) is 31.0. The molecule has 1 aliphatic heterocycles. The number of sulfone groups is 1. The molecule has 7 heteroatoms. The summed E-state index contributed by atoms with van der Waals surface area (Å²) in [5.74, 6) is 1.20. The van der Waals surface area contributed by atoms with Crippen LogP contribution in [0.2, 0.25) is 0 Å². The van der Waals surface area contributed by atoms with E-state index in [1.54, 1.807) is 12.1 Å². The topological polar surface area (TPSA) is 66.8 Å². The van der Waals surface area contributed by atoms with Crippen molar-refractivity contribution in [3.8, 4) is 5.75 Å². The maximum Gasteiger partial charge on any atom is 0.148 e. The first-order chi connectivity index (χ1) is 11.3. The molecule has 1 aromatic rings. The Morgan fingerprint density at radius 3 is 2.46 bits per heavy atom. The van der Waals surface area contributed by atoms with E-state index in [4.69, 9.17) is 4.74 Å². The van der Waals surface area contributed by atoms with Crippen LogP contribution in [0.5, 0.6) is 5.75 Å². The minimum atomic E-state index is -2.96. The number of hydrogen-bond acceptors (Lipinski definition) is 5. The second-order valence-corrected chi connectivity index (χ2v) is 9.32. The average molecular weight is 357 g/mol. The molecule has 1 saturated heterocycles. The van der Waals surface area contributed by atoms with E-state index < -0.39 is 15.9 Å². The quantitative estimate of drug-likeness (QED) is 0.861. The van der Waals surface area contributed by atoms with Crippen molar-refractivity contribution in [2.75, 3.05) is 31.6 Å². The van der Waals surface area contributed by atoms with Gasteiger partial charge in [-0.2, -0.15) is 0 Å². The third-order valence-corrected chi connectivity index (χ3v) is 5.96. The second kappa shape index (κ2) is 6.98. The van der Waals surface area contributed by atoms with Gasteiger partial charge in [-0.25, -0.2) is 12.8 Å². The minimum Gasteiger partial charge on any atom is -0.488 e. The molecule has 1 heterocycles. The second-order valence-electron chi connectivity index (χ2n) is 7.06. The van der Waals surface area contributed by atoms with Crippen LogP contribution in [-0.2, 0) is 9.84 Å². The van der Waals surface area contributed by atoms with Gasteiger partial charge in [-0.1, -0.05) is 0 Å². The molecule has 0 spiro atoms. The summed E-state index contributed by atoms with van der Waals surface area (Å²) in [4.78, 5) is 2.17. The molecule has 1 N–H and O–H groups in total. The summed E-state index contributed by atoms with van der Waals surface area (Å²) in [6, 6.07) is 5.83. The van der Waals surface area contributed by atoms with Gasteiger partial charge in [-0.3, -0.25) is 0 Å². The lowest BCUT2D eigenvalue weighted by Gasteiger charge is -2.35. The summed E-state index contributed by atoms with van der Waals surface area (Å²) in [5, 5.41) is 10.4. The number of benzene rings is 1. The van der Waals surface area contributed by atoms with Crippen molar-refractivity contribution in [3.63, 3.8) is 0 Å². The van der Waals surface area contributed by atoms with E-state index in [1.165, 1.54) is 18.4 Å². The van der Waals surface area contributed by atoms with Gasteiger partial charge in [-0.15, -0.1) is 0 Å². The van der Waals surface area contributed by atoms with Crippen molar-refractivity contribution in [2.24, 2.45) is 11.8 Å². The van der Waals surface area contributed by atoms with Crippen LogP contribution in [0.15, 0.2) is 24.3 Å². The van der Waals surface area contributed by atoms with Crippen LogP contribution in [0, 0.1) is 17.7 Å². The molecule has 1 aliphatic carbocycles. The van der Waals surface area contributed by atoms with E-state index in [1.807, 2.05) is 0 Å². The van der Waals surface area contributed by atoms with Crippen LogP contribution < -0.4 is 4.74 Å². The zero-order valence-electron chi connectivity index (χ0n) is 13.8. The monoisotopic (exact) mass is 357 g/mol. The Kier molecular flexibility index (Phi) is 5.13. The molecule has 1 saturated carbocycles. The Morgan fingerprint density at radius 2 is 1.83 bits per heavy atom. The maximum atomic E-state index is 13.0. The number of likely N-dealkylation sites (tertiary alicyclic amines) is 1. The Labute approximate surface area is 142 Å². The first-order valence-electron chi connectivity index (χ1n) is 8.30. The number of hydrogen-bond donors (Lipinski definition) is 1. The predicted octanol–water partition coefficient (Wildman–Crippen LogP) is 1.32. The van der Waals surface area contributed by atoms with Crippen LogP contribution in [0.3, 0.4) is 0 Å². The summed E-state index contributed by atoms with van der Waals surface area (Å²) >= 11 is 0. The van der Waals surface area contributed by atoms with E-state index in [-0.39, 0.29) is 17.7 Å². The Balaban J connectivity index is 1.57. The fourth-order valence-electron chi connectivity index (χ4n) is 3.78. The molecular formula is C17H24FNO4S. The van der Waals surface area contributed by atoms with Crippen LogP contribution >= 0.6 is 0 Å². The lowest BCUT2D eigenvalue weighted by atomic mass is 9.78.